The van der Waals surface area contributed by atoms with Crippen molar-refractivity contribution < 1.29 is 9.47 Å². The highest BCUT2D eigenvalue weighted by Crippen LogP contribution is 2.26. The summed E-state index contributed by atoms with van der Waals surface area (Å²) < 4.78 is 12.6. The molecule has 0 spiro atoms. The van der Waals surface area contributed by atoms with E-state index >= 15 is 0 Å². The van der Waals surface area contributed by atoms with E-state index in [1.807, 2.05) is 24.0 Å². The van der Waals surface area contributed by atoms with Gasteiger partial charge in [-0.15, -0.1) is 0 Å². The van der Waals surface area contributed by atoms with Crippen LogP contribution in [0.1, 0.15) is 19.3 Å². The van der Waals surface area contributed by atoms with Gasteiger partial charge >= 0.3 is 0 Å². The summed E-state index contributed by atoms with van der Waals surface area (Å²) in [4.78, 5) is 2.29. The summed E-state index contributed by atoms with van der Waals surface area (Å²) in [6.45, 7) is 1.02. The topological polar surface area (TPSA) is 39.5 Å². The van der Waals surface area contributed by atoms with Gasteiger partial charge in [0.1, 0.15) is 0 Å². The number of methoxy groups -OCH3 is 2. The van der Waals surface area contributed by atoms with Crippen LogP contribution in [-0.4, -0.2) is 42.9 Å². The summed E-state index contributed by atoms with van der Waals surface area (Å²) >= 11 is 0. The van der Waals surface area contributed by atoms with Gasteiger partial charge in [0.2, 0.25) is 0 Å². The number of hydrogen-bond acceptors (Lipinski definition) is 4. The van der Waals surface area contributed by atoms with Crippen LogP contribution < -0.4 is 4.90 Å². The zero-order chi connectivity index (χ0) is 12.3. The lowest BCUT2D eigenvalue weighted by Gasteiger charge is -2.39. The van der Waals surface area contributed by atoms with Crippen molar-refractivity contribution in [3.8, 4) is 0 Å². The van der Waals surface area contributed by atoms with Gasteiger partial charge in [0.05, 0.1) is 6.04 Å². The van der Waals surface area contributed by atoms with Crippen molar-refractivity contribution in [1.82, 2.24) is 9.78 Å². The molecule has 96 valence electrons. The highest BCUT2D eigenvalue weighted by molar-refractivity contribution is 5.39. The van der Waals surface area contributed by atoms with Crippen LogP contribution in [0.5, 0.6) is 0 Å². The van der Waals surface area contributed by atoms with Crippen molar-refractivity contribution >= 4 is 5.82 Å². The number of aromatic nitrogens is 2. The minimum Gasteiger partial charge on any atom is -0.354 e. The third-order valence-corrected chi connectivity index (χ3v) is 3.32. The Morgan fingerprint density at radius 1 is 1.35 bits per heavy atom. The van der Waals surface area contributed by atoms with Crippen LogP contribution in [0.2, 0.25) is 0 Å². The summed E-state index contributed by atoms with van der Waals surface area (Å²) in [6, 6.07) is 2.30. The molecule has 5 heteroatoms. The first kappa shape index (κ1) is 12.4. The smallest absolute Gasteiger partial charge is 0.177 e. The van der Waals surface area contributed by atoms with Crippen molar-refractivity contribution in [1.29, 1.82) is 0 Å². The highest BCUT2D eigenvalue weighted by Gasteiger charge is 2.31. The molecule has 1 aliphatic heterocycles. The van der Waals surface area contributed by atoms with Crippen LogP contribution in [0.15, 0.2) is 12.3 Å². The summed E-state index contributed by atoms with van der Waals surface area (Å²) in [5, 5.41) is 4.47. The molecule has 2 heterocycles. The number of rotatable bonds is 4. The molecular weight excluding hydrogens is 218 g/mol. The fourth-order valence-electron chi connectivity index (χ4n) is 2.49. The Bertz CT molecular complexity index is 349. The Labute approximate surface area is 102 Å². The van der Waals surface area contributed by atoms with Crippen LogP contribution in [-0.2, 0) is 16.5 Å². The van der Waals surface area contributed by atoms with E-state index < -0.39 is 0 Å². The minimum atomic E-state index is -0.183. The summed E-state index contributed by atoms with van der Waals surface area (Å²) in [5.74, 6) is 1.01. The van der Waals surface area contributed by atoms with Gasteiger partial charge in [0.15, 0.2) is 12.1 Å². The summed E-state index contributed by atoms with van der Waals surface area (Å²) in [5.41, 5.74) is 0. The van der Waals surface area contributed by atoms with E-state index in [0.717, 1.165) is 18.8 Å². The first-order valence-electron chi connectivity index (χ1n) is 6.08. The molecule has 0 radical (unpaired) electrons. The second-order valence-corrected chi connectivity index (χ2v) is 4.44. The predicted molar refractivity (Wildman–Crippen MR) is 66.0 cm³/mol. The molecule has 0 saturated carbocycles. The molecule has 17 heavy (non-hydrogen) atoms. The molecule has 1 aromatic rings. The van der Waals surface area contributed by atoms with Gasteiger partial charge in [-0.05, 0) is 19.3 Å². The monoisotopic (exact) mass is 239 g/mol. The summed E-state index contributed by atoms with van der Waals surface area (Å²) in [7, 11) is 5.32. The average molecular weight is 239 g/mol. The van der Waals surface area contributed by atoms with E-state index in [9.17, 15) is 0 Å². The molecule has 1 fully saturated rings. The van der Waals surface area contributed by atoms with Crippen molar-refractivity contribution in [2.75, 3.05) is 25.7 Å². The lowest BCUT2D eigenvalue weighted by Crippen LogP contribution is -2.48. The fraction of sp³-hybridized carbons (Fsp3) is 0.750. The first-order valence-corrected chi connectivity index (χ1v) is 6.08. The lowest BCUT2D eigenvalue weighted by molar-refractivity contribution is -0.120. The molecule has 1 aliphatic rings. The average Bonchev–Trinajstić information content (AvgIpc) is 2.78. The van der Waals surface area contributed by atoms with Crippen LogP contribution in [0.25, 0.3) is 0 Å². The number of nitrogens with zero attached hydrogens (tertiary/aromatic N) is 3. The van der Waals surface area contributed by atoms with Gasteiger partial charge in [-0.25, -0.2) is 0 Å². The first-order chi connectivity index (χ1) is 8.26. The Hall–Kier alpha value is -1.07. The normalized spacial score (nSPS) is 21.2. The van der Waals surface area contributed by atoms with Crippen LogP contribution in [0, 0.1) is 0 Å². The molecule has 1 saturated heterocycles. The lowest BCUT2D eigenvalue weighted by atomic mass is 10.0. The number of ether oxygens (including phenoxy) is 2. The van der Waals surface area contributed by atoms with Crippen molar-refractivity contribution in [2.24, 2.45) is 7.05 Å². The van der Waals surface area contributed by atoms with E-state index in [4.69, 9.17) is 9.47 Å². The van der Waals surface area contributed by atoms with Gasteiger partial charge < -0.3 is 14.4 Å². The Kier molecular flexibility index (Phi) is 4.02. The van der Waals surface area contributed by atoms with Crippen molar-refractivity contribution in [3.63, 3.8) is 0 Å². The van der Waals surface area contributed by atoms with Crippen LogP contribution in [0.3, 0.4) is 0 Å². The third-order valence-electron chi connectivity index (χ3n) is 3.32. The van der Waals surface area contributed by atoms with Gasteiger partial charge in [0, 0.05) is 40.1 Å². The zero-order valence-corrected chi connectivity index (χ0v) is 10.8. The van der Waals surface area contributed by atoms with Crippen molar-refractivity contribution in [2.45, 2.75) is 31.6 Å². The molecule has 0 aromatic carbocycles. The molecule has 0 aliphatic carbocycles. The van der Waals surface area contributed by atoms with E-state index in [0.29, 0.717) is 0 Å². The van der Waals surface area contributed by atoms with E-state index in [-0.39, 0.29) is 12.3 Å². The third kappa shape index (κ3) is 2.61. The van der Waals surface area contributed by atoms with Crippen LogP contribution >= 0.6 is 0 Å². The second kappa shape index (κ2) is 5.51. The zero-order valence-electron chi connectivity index (χ0n) is 10.8. The number of piperidine rings is 1. The maximum Gasteiger partial charge on any atom is 0.177 e. The molecule has 0 bridgehead atoms. The fourth-order valence-corrected chi connectivity index (χ4v) is 2.49. The quantitative estimate of drug-likeness (QED) is 0.745. The number of hydrogen-bond donors (Lipinski definition) is 0. The molecule has 1 unspecified atom stereocenters. The standard InChI is InChI=1S/C12H21N3O2/c1-14-9-7-11(13-14)15-8-5-4-6-10(15)12(16-2)17-3/h7,9-10,12H,4-6,8H2,1-3H3. The molecular formula is C12H21N3O2. The molecule has 1 aromatic heterocycles. The maximum absolute atomic E-state index is 5.40. The molecule has 5 nitrogen and oxygen atoms in total. The second-order valence-electron chi connectivity index (χ2n) is 4.44. The minimum absolute atomic E-state index is 0.183. The Morgan fingerprint density at radius 3 is 2.71 bits per heavy atom. The Morgan fingerprint density at radius 2 is 2.12 bits per heavy atom. The molecule has 1 atom stereocenters. The van der Waals surface area contributed by atoms with Gasteiger partial charge in [0.25, 0.3) is 0 Å². The van der Waals surface area contributed by atoms with Crippen molar-refractivity contribution in [3.05, 3.63) is 12.3 Å². The molecule has 2 rings (SSSR count). The van der Waals surface area contributed by atoms with Crippen LogP contribution in [0.4, 0.5) is 5.82 Å². The van der Waals surface area contributed by atoms with E-state index in [2.05, 4.69) is 10.00 Å². The largest absolute Gasteiger partial charge is 0.354 e. The van der Waals surface area contributed by atoms with E-state index in [1.165, 1.54) is 12.8 Å². The SMILES string of the molecule is COC(OC)C1CCCCN1c1ccn(C)n1. The Balaban J connectivity index is 2.17. The highest BCUT2D eigenvalue weighted by atomic mass is 16.7. The predicted octanol–water partition coefficient (Wildman–Crippen LogP) is 1.40. The summed E-state index contributed by atoms with van der Waals surface area (Å²) in [6.07, 6.45) is 5.29. The molecule has 0 amide bonds. The van der Waals surface area contributed by atoms with Gasteiger partial charge in [-0.3, -0.25) is 4.68 Å². The van der Waals surface area contributed by atoms with Gasteiger partial charge in [-0.2, -0.15) is 5.10 Å². The maximum atomic E-state index is 5.40. The molecule has 0 N–H and O–H groups in total. The number of anilines is 1. The number of aryl methyl sites for hydroxylation is 1. The van der Waals surface area contributed by atoms with Gasteiger partial charge in [-0.1, -0.05) is 0 Å². The van der Waals surface area contributed by atoms with E-state index in [1.54, 1.807) is 14.2 Å².